The molecule has 0 unspecified atom stereocenters. The zero-order valence-electron chi connectivity index (χ0n) is 12.6. The van der Waals surface area contributed by atoms with Gasteiger partial charge in [0.25, 0.3) is 0 Å². The zero-order valence-corrected chi connectivity index (χ0v) is 14.9. The number of aliphatic imine (C=N–C) groups is 1. The Hall–Kier alpha value is -1.02. The number of ether oxygens (including phenoxy) is 2. The number of halogens is 1. The molecule has 0 spiro atoms. The minimum Gasteiger partial charge on any atom is -0.497 e. The van der Waals surface area contributed by atoms with E-state index in [-0.39, 0.29) is 24.0 Å². The molecule has 6 heteroatoms. The standard InChI is InChI=1S/C15H23N3O2.HI/c1-16-15(18-13-5-6-13)17-9-10-20-11-12-3-7-14(19-2)8-4-12;/h3-4,7-8,13H,5-6,9-11H2,1-2H3,(H2,16,17,18);1H. The smallest absolute Gasteiger partial charge is 0.191 e. The van der Waals surface area contributed by atoms with E-state index in [1.54, 1.807) is 14.2 Å². The second-order valence-corrected chi connectivity index (χ2v) is 4.82. The van der Waals surface area contributed by atoms with Crippen molar-refractivity contribution >= 4 is 29.9 Å². The zero-order chi connectivity index (χ0) is 14.2. The Kier molecular flexibility index (Phi) is 8.44. The molecule has 1 aromatic carbocycles. The molecule has 5 nitrogen and oxygen atoms in total. The summed E-state index contributed by atoms with van der Waals surface area (Å²) in [4.78, 5) is 4.17. The molecule has 1 aromatic rings. The molecule has 1 fully saturated rings. The van der Waals surface area contributed by atoms with Crippen LogP contribution in [-0.4, -0.2) is 39.3 Å². The lowest BCUT2D eigenvalue weighted by molar-refractivity contribution is 0.125. The highest BCUT2D eigenvalue weighted by atomic mass is 127. The van der Waals surface area contributed by atoms with Crippen molar-refractivity contribution in [1.82, 2.24) is 10.6 Å². The molecule has 0 amide bonds. The minimum atomic E-state index is 0. The molecule has 0 aliphatic heterocycles. The van der Waals surface area contributed by atoms with Crippen molar-refractivity contribution in [3.05, 3.63) is 29.8 Å². The van der Waals surface area contributed by atoms with Crippen LogP contribution in [-0.2, 0) is 11.3 Å². The first kappa shape index (κ1) is 18.0. The van der Waals surface area contributed by atoms with Gasteiger partial charge >= 0.3 is 0 Å². The first-order valence-corrected chi connectivity index (χ1v) is 6.99. The van der Waals surface area contributed by atoms with E-state index in [0.29, 0.717) is 19.3 Å². The monoisotopic (exact) mass is 405 g/mol. The van der Waals surface area contributed by atoms with Crippen LogP contribution in [0.15, 0.2) is 29.3 Å². The Morgan fingerprint density at radius 3 is 2.57 bits per heavy atom. The molecule has 0 atom stereocenters. The van der Waals surface area contributed by atoms with Gasteiger partial charge in [0.15, 0.2) is 5.96 Å². The van der Waals surface area contributed by atoms with Gasteiger partial charge < -0.3 is 20.1 Å². The van der Waals surface area contributed by atoms with Crippen LogP contribution < -0.4 is 15.4 Å². The maximum Gasteiger partial charge on any atom is 0.191 e. The fraction of sp³-hybridized carbons (Fsp3) is 0.533. The summed E-state index contributed by atoms with van der Waals surface area (Å²) in [6.45, 7) is 2.01. The topological polar surface area (TPSA) is 54.9 Å². The molecule has 0 aromatic heterocycles. The van der Waals surface area contributed by atoms with Crippen molar-refractivity contribution in [3.8, 4) is 5.75 Å². The largest absolute Gasteiger partial charge is 0.497 e. The van der Waals surface area contributed by atoms with Gasteiger partial charge in [0.1, 0.15) is 5.75 Å². The van der Waals surface area contributed by atoms with Crippen LogP contribution in [0.25, 0.3) is 0 Å². The molecular weight excluding hydrogens is 381 g/mol. The maximum atomic E-state index is 5.62. The van der Waals surface area contributed by atoms with E-state index in [1.807, 2.05) is 24.3 Å². The highest BCUT2D eigenvalue weighted by molar-refractivity contribution is 14.0. The van der Waals surface area contributed by atoms with Crippen molar-refractivity contribution in [2.75, 3.05) is 27.3 Å². The SMILES string of the molecule is CN=C(NCCOCc1ccc(OC)cc1)NC1CC1.I. The number of hydrogen-bond donors (Lipinski definition) is 2. The second kappa shape index (κ2) is 9.83. The van der Waals surface area contributed by atoms with Crippen LogP contribution in [0.5, 0.6) is 5.75 Å². The maximum absolute atomic E-state index is 5.62. The molecular formula is C15H24IN3O2. The Balaban J connectivity index is 0.00000220. The van der Waals surface area contributed by atoms with Gasteiger partial charge in [0, 0.05) is 19.6 Å². The van der Waals surface area contributed by atoms with Gasteiger partial charge in [0.05, 0.1) is 20.3 Å². The lowest BCUT2D eigenvalue weighted by atomic mass is 10.2. The lowest BCUT2D eigenvalue weighted by Crippen LogP contribution is -2.40. The van der Waals surface area contributed by atoms with E-state index in [4.69, 9.17) is 9.47 Å². The van der Waals surface area contributed by atoms with Crippen LogP contribution in [0.1, 0.15) is 18.4 Å². The van der Waals surface area contributed by atoms with Gasteiger partial charge in [-0.15, -0.1) is 24.0 Å². The third-order valence-electron chi connectivity index (χ3n) is 3.11. The summed E-state index contributed by atoms with van der Waals surface area (Å²) < 4.78 is 10.7. The molecule has 1 aliphatic rings. The summed E-state index contributed by atoms with van der Waals surface area (Å²) in [6.07, 6.45) is 2.49. The minimum absolute atomic E-state index is 0. The number of guanidine groups is 1. The van der Waals surface area contributed by atoms with E-state index in [9.17, 15) is 0 Å². The third-order valence-corrected chi connectivity index (χ3v) is 3.11. The number of benzene rings is 1. The fourth-order valence-corrected chi connectivity index (χ4v) is 1.77. The van der Waals surface area contributed by atoms with E-state index < -0.39 is 0 Å². The summed E-state index contributed by atoms with van der Waals surface area (Å²) in [7, 11) is 3.45. The predicted octanol–water partition coefficient (Wildman–Crippen LogP) is 2.16. The summed E-state index contributed by atoms with van der Waals surface area (Å²) in [6, 6.07) is 8.53. The van der Waals surface area contributed by atoms with Gasteiger partial charge in [0.2, 0.25) is 0 Å². The molecule has 0 heterocycles. The average Bonchev–Trinajstić information content (AvgIpc) is 3.30. The molecule has 0 radical (unpaired) electrons. The normalized spacial score (nSPS) is 14.3. The third kappa shape index (κ3) is 6.99. The highest BCUT2D eigenvalue weighted by Gasteiger charge is 2.21. The molecule has 1 aliphatic carbocycles. The quantitative estimate of drug-likeness (QED) is 0.316. The number of rotatable bonds is 7. The van der Waals surface area contributed by atoms with E-state index >= 15 is 0 Å². The van der Waals surface area contributed by atoms with Crippen molar-refractivity contribution in [1.29, 1.82) is 0 Å². The molecule has 0 bridgehead atoms. The van der Waals surface area contributed by atoms with Crippen LogP contribution >= 0.6 is 24.0 Å². The van der Waals surface area contributed by atoms with E-state index in [0.717, 1.165) is 23.8 Å². The number of nitrogens with one attached hydrogen (secondary N) is 2. The fourth-order valence-electron chi connectivity index (χ4n) is 1.77. The van der Waals surface area contributed by atoms with Gasteiger partial charge in [-0.2, -0.15) is 0 Å². The van der Waals surface area contributed by atoms with Crippen LogP contribution in [0.2, 0.25) is 0 Å². The molecule has 2 rings (SSSR count). The number of nitrogens with zero attached hydrogens (tertiary/aromatic N) is 1. The summed E-state index contributed by atoms with van der Waals surface area (Å²) in [5.41, 5.74) is 1.14. The molecule has 0 saturated heterocycles. The van der Waals surface area contributed by atoms with Gasteiger partial charge in [-0.05, 0) is 30.5 Å². The van der Waals surface area contributed by atoms with E-state index in [1.165, 1.54) is 12.8 Å². The number of hydrogen-bond acceptors (Lipinski definition) is 3. The van der Waals surface area contributed by atoms with Gasteiger partial charge in [-0.25, -0.2) is 0 Å². The van der Waals surface area contributed by atoms with Gasteiger partial charge in [-0.3, -0.25) is 4.99 Å². The van der Waals surface area contributed by atoms with Gasteiger partial charge in [-0.1, -0.05) is 12.1 Å². The Morgan fingerprint density at radius 1 is 1.29 bits per heavy atom. The molecule has 1 saturated carbocycles. The van der Waals surface area contributed by atoms with Crippen molar-refractivity contribution in [2.24, 2.45) is 4.99 Å². The Bertz CT molecular complexity index is 433. The highest BCUT2D eigenvalue weighted by Crippen LogP contribution is 2.18. The van der Waals surface area contributed by atoms with E-state index in [2.05, 4.69) is 15.6 Å². The Labute approximate surface area is 143 Å². The first-order valence-electron chi connectivity index (χ1n) is 6.99. The summed E-state index contributed by atoms with van der Waals surface area (Å²) >= 11 is 0. The summed E-state index contributed by atoms with van der Waals surface area (Å²) in [5.74, 6) is 1.73. The van der Waals surface area contributed by atoms with Crippen molar-refractivity contribution in [2.45, 2.75) is 25.5 Å². The Morgan fingerprint density at radius 2 is 2.00 bits per heavy atom. The molecule has 2 N–H and O–H groups in total. The average molecular weight is 405 g/mol. The van der Waals surface area contributed by atoms with Crippen LogP contribution in [0.3, 0.4) is 0 Å². The molecule has 21 heavy (non-hydrogen) atoms. The van der Waals surface area contributed by atoms with Crippen molar-refractivity contribution in [3.63, 3.8) is 0 Å². The summed E-state index contributed by atoms with van der Waals surface area (Å²) in [5, 5.41) is 6.57. The predicted molar refractivity (Wildman–Crippen MR) is 95.6 cm³/mol. The molecule has 118 valence electrons. The van der Waals surface area contributed by atoms with Crippen LogP contribution in [0, 0.1) is 0 Å². The number of methoxy groups -OCH3 is 1. The second-order valence-electron chi connectivity index (χ2n) is 4.82. The van der Waals surface area contributed by atoms with Crippen LogP contribution in [0.4, 0.5) is 0 Å². The first-order chi connectivity index (χ1) is 9.81. The lowest BCUT2D eigenvalue weighted by Gasteiger charge is -2.11. The van der Waals surface area contributed by atoms with Crippen molar-refractivity contribution < 1.29 is 9.47 Å².